The predicted octanol–water partition coefficient (Wildman–Crippen LogP) is 3.88. The zero-order valence-electron chi connectivity index (χ0n) is 13.9. The van der Waals surface area contributed by atoms with Crippen LogP contribution in [0.3, 0.4) is 0 Å². The molecule has 0 saturated carbocycles. The summed E-state index contributed by atoms with van der Waals surface area (Å²) in [5.41, 5.74) is 5.32. The van der Waals surface area contributed by atoms with Gasteiger partial charge >= 0.3 is 0 Å². The lowest BCUT2D eigenvalue weighted by molar-refractivity contribution is -0.113. The van der Waals surface area contributed by atoms with Crippen molar-refractivity contribution in [1.82, 2.24) is 0 Å². The van der Waals surface area contributed by atoms with Gasteiger partial charge in [0.15, 0.2) is 5.78 Å². The molecule has 4 heteroatoms. The van der Waals surface area contributed by atoms with E-state index in [0.717, 1.165) is 28.0 Å². The van der Waals surface area contributed by atoms with Crippen LogP contribution >= 0.6 is 0 Å². The Hall–Kier alpha value is -2.10. The highest BCUT2D eigenvalue weighted by Crippen LogP contribution is 2.38. The molecule has 0 aromatic heterocycles. The summed E-state index contributed by atoms with van der Waals surface area (Å²) >= 11 is 0. The van der Waals surface area contributed by atoms with Gasteiger partial charge in [0.1, 0.15) is 12.9 Å². The molecule has 22 heavy (non-hydrogen) atoms. The van der Waals surface area contributed by atoms with Gasteiger partial charge in [0.25, 0.3) is 0 Å². The zero-order chi connectivity index (χ0) is 16.4. The molecule has 118 valence electrons. The SMILES string of the molecule is CON=C(C)CC1CC(=O)C(c2c(C)cc(C)cc2C)=C1O. The second-order valence-electron chi connectivity index (χ2n) is 6.07. The summed E-state index contributed by atoms with van der Waals surface area (Å²) in [5, 5.41) is 14.4. The lowest BCUT2D eigenvalue weighted by atomic mass is 9.92. The lowest BCUT2D eigenvalue weighted by Crippen LogP contribution is -2.06. The van der Waals surface area contributed by atoms with Gasteiger partial charge in [0, 0.05) is 12.3 Å². The number of hydrogen-bond donors (Lipinski definition) is 1. The van der Waals surface area contributed by atoms with Crippen molar-refractivity contribution >= 4 is 17.1 Å². The largest absolute Gasteiger partial charge is 0.511 e. The predicted molar refractivity (Wildman–Crippen MR) is 88.1 cm³/mol. The monoisotopic (exact) mass is 301 g/mol. The summed E-state index contributed by atoms with van der Waals surface area (Å²) in [6.45, 7) is 7.82. The van der Waals surface area contributed by atoms with E-state index in [1.54, 1.807) is 0 Å². The normalized spacial score (nSPS) is 19.0. The summed E-state index contributed by atoms with van der Waals surface area (Å²) in [5.74, 6) is -0.0185. The van der Waals surface area contributed by atoms with Gasteiger partial charge in [-0.2, -0.15) is 0 Å². The van der Waals surface area contributed by atoms with E-state index in [9.17, 15) is 9.90 Å². The minimum Gasteiger partial charge on any atom is -0.511 e. The van der Waals surface area contributed by atoms with Gasteiger partial charge < -0.3 is 9.94 Å². The van der Waals surface area contributed by atoms with E-state index in [-0.39, 0.29) is 17.5 Å². The van der Waals surface area contributed by atoms with Gasteiger partial charge in [-0.05, 0) is 50.8 Å². The Labute approximate surface area is 131 Å². The topological polar surface area (TPSA) is 58.9 Å². The van der Waals surface area contributed by atoms with Crippen LogP contribution in [-0.2, 0) is 9.63 Å². The maximum absolute atomic E-state index is 12.4. The van der Waals surface area contributed by atoms with E-state index in [1.807, 2.05) is 39.8 Å². The first kappa shape index (κ1) is 16.3. The molecule has 1 atom stereocenters. The Kier molecular flexibility index (Phi) is 4.69. The molecule has 1 unspecified atom stereocenters. The number of aliphatic hydroxyl groups excluding tert-OH is 1. The van der Waals surface area contributed by atoms with Gasteiger partial charge in [0.2, 0.25) is 0 Å². The summed E-state index contributed by atoms with van der Waals surface area (Å²) in [6, 6.07) is 4.09. The number of Topliss-reactive ketones (excluding diaryl/α,β-unsaturated/α-hetero) is 1. The molecule has 0 spiro atoms. The van der Waals surface area contributed by atoms with Crippen LogP contribution in [0.2, 0.25) is 0 Å². The highest BCUT2D eigenvalue weighted by molar-refractivity contribution is 6.24. The molecule has 0 amide bonds. The fourth-order valence-electron chi connectivity index (χ4n) is 3.33. The molecular formula is C18H23NO3. The van der Waals surface area contributed by atoms with Gasteiger partial charge in [-0.1, -0.05) is 22.9 Å². The molecule has 1 aromatic rings. The molecule has 1 aliphatic carbocycles. The van der Waals surface area contributed by atoms with E-state index in [1.165, 1.54) is 7.11 Å². The fraction of sp³-hybridized carbons (Fsp3) is 0.444. The molecule has 4 nitrogen and oxygen atoms in total. The Bertz CT molecular complexity index is 648. The number of ketones is 1. The van der Waals surface area contributed by atoms with Gasteiger partial charge in [-0.25, -0.2) is 0 Å². The molecule has 1 N–H and O–H groups in total. The first-order valence-corrected chi connectivity index (χ1v) is 7.46. The number of nitrogens with zero attached hydrogens (tertiary/aromatic N) is 1. The number of benzene rings is 1. The molecule has 1 aliphatic rings. The molecule has 0 fully saturated rings. The van der Waals surface area contributed by atoms with E-state index < -0.39 is 0 Å². The smallest absolute Gasteiger partial charge is 0.167 e. The molecule has 2 rings (SSSR count). The van der Waals surface area contributed by atoms with Crippen LogP contribution < -0.4 is 0 Å². The van der Waals surface area contributed by atoms with Crippen molar-refractivity contribution in [3.05, 3.63) is 40.1 Å². The van der Waals surface area contributed by atoms with Crippen molar-refractivity contribution < 1.29 is 14.7 Å². The number of oxime groups is 1. The number of aryl methyl sites for hydroxylation is 3. The first-order chi connectivity index (χ1) is 10.3. The number of rotatable bonds is 4. The van der Waals surface area contributed by atoms with E-state index in [4.69, 9.17) is 4.84 Å². The van der Waals surface area contributed by atoms with Crippen LogP contribution in [0.1, 0.15) is 42.0 Å². The average molecular weight is 301 g/mol. The number of carbonyl (C=O) groups is 1. The third-order valence-corrected chi connectivity index (χ3v) is 4.07. The molecule has 0 bridgehead atoms. The Morgan fingerprint density at radius 3 is 2.45 bits per heavy atom. The first-order valence-electron chi connectivity index (χ1n) is 7.46. The Morgan fingerprint density at radius 1 is 1.32 bits per heavy atom. The molecule has 0 saturated heterocycles. The van der Waals surface area contributed by atoms with Crippen LogP contribution in [-0.4, -0.2) is 23.7 Å². The number of allylic oxidation sites excluding steroid dienone is 2. The van der Waals surface area contributed by atoms with Crippen LogP contribution in [0.25, 0.3) is 5.57 Å². The number of carbonyl (C=O) groups excluding carboxylic acids is 1. The van der Waals surface area contributed by atoms with Gasteiger partial charge in [-0.3, -0.25) is 4.79 Å². The maximum atomic E-state index is 12.4. The zero-order valence-corrected chi connectivity index (χ0v) is 13.9. The van der Waals surface area contributed by atoms with Crippen molar-refractivity contribution in [3.63, 3.8) is 0 Å². The minimum absolute atomic E-state index is 0.00256. The second kappa shape index (κ2) is 6.34. The van der Waals surface area contributed by atoms with E-state index in [0.29, 0.717) is 18.4 Å². The summed E-state index contributed by atoms with van der Waals surface area (Å²) in [7, 11) is 1.49. The standard InChI is InChI=1S/C18H23NO3/c1-10-6-11(2)16(12(3)7-10)17-15(20)9-14(18(17)21)8-13(4)19-22-5/h6-7,14,21H,8-9H2,1-5H3. The summed E-state index contributed by atoms with van der Waals surface area (Å²) in [6.07, 6.45) is 0.851. The molecular weight excluding hydrogens is 278 g/mol. The van der Waals surface area contributed by atoms with Crippen molar-refractivity contribution in [1.29, 1.82) is 0 Å². The number of hydrogen-bond acceptors (Lipinski definition) is 4. The van der Waals surface area contributed by atoms with Gasteiger partial charge in [0.05, 0.1) is 11.3 Å². The highest BCUT2D eigenvalue weighted by Gasteiger charge is 2.34. The quantitative estimate of drug-likeness (QED) is 0.678. The molecule has 0 aliphatic heterocycles. The third-order valence-electron chi connectivity index (χ3n) is 4.07. The average Bonchev–Trinajstić information content (AvgIpc) is 2.65. The Morgan fingerprint density at radius 2 is 1.91 bits per heavy atom. The van der Waals surface area contributed by atoms with Crippen molar-refractivity contribution in [3.8, 4) is 0 Å². The van der Waals surface area contributed by atoms with Gasteiger partial charge in [-0.15, -0.1) is 0 Å². The van der Waals surface area contributed by atoms with Crippen molar-refractivity contribution in [2.24, 2.45) is 11.1 Å². The highest BCUT2D eigenvalue weighted by atomic mass is 16.6. The minimum atomic E-state index is -0.207. The third kappa shape index (κ3) is 3.06. The van der Waals surface area contributed by atoms with E-state index in [2.05, 4.69) is 5.16 Å². The number of aliphatic hydroxyl groups is 1. The van der Waals surface area contributed by atoms with Crippen LogP contribution in [0.5, 0.6) is 0 Å². The maximum Gasteiger partial charge on any atom is 0.167 e. The lowest BCUT2D eigenvalue weighted by Gasteiger charge is -2.13. The van der Waals surface area contributed by atoms with Crippen molar-refractivity contribution in [2.75, 3.05) is 7.11 Å². The van der Waals surface area contributed by atoms with Crippen molar-refractivity contribution in [2.45, 2.75) is 40.5 Å². The van der Waals surface area contributed by atoms with Crippen LogP contribution in [0.15, 0.2) is 23.0 Å². The van der Waals surface area contributed by atoms with Crippen LogP contribution in [0, 0.1) is 26.7 Å². The summed E-state index contributed by atoms with van der Waals surface area (Å²) < 4.78 is 0. The molecule has 0 heterocycles. The van der Waals surface area contributed by atoms with E-state index >= 15 is 0 Å². The summed E-state index contributed by atoms with van der Waals surface area (Å²) in [4.78, 5) is 17.2. The molecule has 1 aromatic carbocycles. The molecule has 0 radical (unpaired) electrons. The second-order valence-corrected chi connectivity index (χ2v) is 6.07. The fourth-order valence-corrected chi connectivity index (χ4v) is 3.33. The Balaban J connectivity index is 2.44. The van der Waals surface area contributed by atoms with Crippen LogP contribution in [0.4, 0.5) is 0 Å².